The summed E-state index contributed by atoms with van der Waals surface area (Å²) < 4.78 is 25.1. The van der Waals surface area contributed by atoms with Crippen LogP contribution < -0.4 is 10.3 Å². The van der Waals surface area contributed by atoms with Crippen LogP contribution in [-0.4, -0.2) is 14.3 Å². The zero-order chi connectivity index (χ0) is 18.5. The summed E-state index contributed by atoms with van der Waals surface area (Å²) in [6.07, 6.45) is 7.84. The molecule has 1 aromatic carbocycles. The summed E-state index contributed by atoms with van der Waals surface area (Å²) in [7, 11) is -3.76. The largest absolute Gasteiger partial charge is 0.278 e. The van der Waals surface area contributed by atoms with Crippen molar-refractivity contribution in [2.45, 2.75) is 63.7 Å². The van der Waals surface area contributed by atoms with Gasteiger partial charge in [0, 0.05) is 6.42 Å². The third-order valence-electron chi connectivity index (χ3n) is 6.66. The predicted molar refractivity (Wildman–Crippen MR) is 99.6 cm³/mol. The van der Waals surface area contributed by atoms with Crippen molar-refractivity contribution in [2.24, 2.45) is 23.2 Å². The van der Waals surface area contributed by atoms with Gasteiger partial charge in [-0.3, -0.25) is 10.2 Å². The SMILES string of the molecule is Cc1ccc(C)c(S(=O)(=O)NNC(=O)CC23CC4CC(CC(C4)C2)C3)c1. The van der Waals surface area contributed by atoms with Gasteiger partial charge in [0.15, 0.2) is 0 Å². The number of amides is 1. The van der Waals surface area contributed by atoms with Crippen molar-refractivity contribution in [2.75, 3.05) is 0 Å². The van der Waals surface area contributed by atoms with Gasteiger partial charge in [0.1, 0.15) is 0 Å². The Balaban J connectivity index is 1.40. The highest BCUT2D eigenvalue weighted by Gasteiger charge is 2.51. The highest BCUT2D eigenvalue weighted by molar-refractivity contribution is 7.89. The standard InChI is InChI=1S/C20H28N2O3S/c1-13-3-4-14(2)18(5-13)26(24,25)22-21-19(23)12-20-9-15-6-16(10-20)8-17(7-15)11-20/h3-5,15-17,22H,6-12H2,1-2H3,(H,21,23). The summed E-state index contributed by atoms with van der Waals surface area (Å²) in [5.41, 5.74) is 4.10. The van der Waals surface area contributed by atoms with Gasteiger partial charge in [0.2, 0.25) is 5.91 Å². The van der Waals surface area contributed by atoms with E-state index in [0.29, 0.717) is 12.0 Å². The molecule has 2 N–H and O–H groups in total. The van der Waals surface area contributed by atoms with Crippen molar-refractivity contribution in [1.82, 2.24) is 10.3 Å². The molecule has 0 aliphatic heterocycles. The summed E-state index contributed by atoms with van der Waals surface area (Å²) >= 11 is 0. The number of hydrogen-bond acceptors (Lipinski definition) is 3. The summed E-state index contributed by atoms with van der Waals surface area (Å²) in [6, 6.07) is 5.28. The first-order valence-electron chi connectivity index (χ1n) is 9.63. The summed E-state index contributed by atoms with van der Waals surface area (Å²) in [5, 5.41) is 0. The molecule has 1 amide bonds. The van der Waals surface area contributed by atoms with Crippen molar-refractivity contribution in [3.05, 3.63) is 29.3 Å². The molecule has 4 saturated carbocycles. The second kappa shape index (κ2) is 6.34. The first-order valence-corrected chi connectivity index (χ1v) is 11.1. The topological polar surface area (TPSA) is 75.3 Å². The van der Waals surface area contributed by atoms with Gasteiger partial charge >= 0.3 is 0 Å². The lowest BCUT2D eigenvalue weighted by atomic mass is 9.49. The van der Waals surface area contributed by atoms with Gasteiger partial charge in [0.25, 0.3) is 10.0 Å². The van der Waals surface area contributed by atoms with Gasteiger partial charge in [-0.2, -0.15) is 0 Å². The van der Waals surface area contributed by atoms with Crippen LogP contribution in [0, 0.1) is 37.0 Å². The molecule has 0 unspecified atom stereocenters. The van der Waals surface area contributed by atoms with Crippen LogP contribution in [0.5, 0.6) is 0 Å². The van der Waals surface area contributed by atoms with E-state index >= 15 is 0 Å². The number of aryl methyl sites for hydroxylation is 2. The number of benzene rings is 1. The number of hydrogen-bond donors (Lipinski definition) is 2. The molecule has 4 aliphatic rings. The van der Waals surface area contributed by atoms with Crippen LogP contribution in [0.2, 0.25) is 0 Å². The minimum Gasteiger partial charge on any atom is -0.278 e. The van der Waals surface area contributed by atoms with E-state index in [1.54, 1.807) is 19.1 Å². The second-order valence-corrected chi connectivity index (χ2v) is 10.7. The van der Waals surface area contributed by atoms with E-state index in [1.165, 1.54) is 19.3 Å². The molecule has 0 radical (unpaired) electrons. The first-order chi connectivity index (χ1) is 12.2. The molecule has 4 aliphatic carbocycles. The van der Waals surface area contributed by atoms with Crippen molar-refractivity contribution in [1.29, 1.82) is 0 Å². The van der Waals surface area contributed by atoms with Crippen LogP contribution in [0.3, 0.4) is 0 Å². The van der Waals surface area contributed by atoms with E-state index < -0.39 is 10.0 Å². The van der Waals surface area contributed by atoms with E-state index in [2.05, 4.69) is 10.3 Å². The Morgan fingerprint density at radius 1 is 1.08 bits per heavy atom. The molecule has 0 aromatic heterocycles. The maximum atomic E-state index is 12.5. The normalized spacial score (nSPS) is 32.6. The Bertz CT molecular complexity index is 796. The Hall–Kier alpha value is -1.40. The molecule has 26 heavy (non-hydrogen) atoms. The Labute approximate surface area is 156 Å². The molecule has 4 fully saturated rings. The number of hydrazine groups is 1. The number of rotatable bonds is 5. The van der Waals surface area contributed by atoms with E-state index in [9.17, 15) is 13.2 Å². The van der Waals surface area contributed by atoms with Crippen LogP contribution in [-0.2, 0) is 14.8 Å². The van der Waals surface area contributed by atoms with Crippen molar-refractivity contribution in [3.63, 3.8) is 0 Å². The van der Waals surface area contributed by atoms with Crippen LogP contribution in [0.15, 0.2) is 23.1 Å². The number of sulfonamides is 1. The molecule has 142 valence electrons. The predicted octanol–water partition coefficient (Wildman–Crippen LogP) is 3.22. The van der Waals surface area contributed by atoms with E-state index in [1.807, 2.05) is 13.0 Å². The molecular weight excluding hydrogens is 348 g/mol. The molecule has 4 bridgehead atoms. The van der Waals surface area contributed by atoms with Gasteiger partial charge in [-0.25, -0.2) is 8.42 Å². The van der Waals surface area contributed by atoms with Gasteiger partial charge in [0.05, 0.1) is 4.90 Å². The number of carbonyl (C=O) groups is 1. The maximum absolute atomic E-state index is 12.5. The van der Waals surface area contributed by atoms with Gasteiger partial charge in [-0.05, 0) is 92.7 Å². The van der Waals surface area contributed by atoms with Gasteiger partial charge < -0.3 is 0 Å². The molecular formula is C20H28N2O3S. The van der Waals surface area contributed by atoms with Crippen molar-refractivity contribution in [3.8, 4) is 0 Å². The third kappa shape index (κ3) is 3.41. The zero-order valence-electron chi connectivity index (χ0n) is 15.5. The fraction of sp³-hybridized carbons (Fsp3) is 0.650. The van der Waals surface area contributed by atoms with Crippen molar-refractivity contribution >= 4 is 15.9 Å². The summed E-state index contributed by atoms with van der Waals surface area (Å²) in [5.74, 6) is 2.13. The highest BCUT2D eigenvalue weighted by atomic mass is 32.2. The highest BCUT2D eigenvalue weighted by Crippen LogP contribution is 2.61. The lowest BCUT2D eigenvalue weighted by Crippen LogP contribution is -2.50. The quantitative estimate of drug-likeness (QED) is 0.775. The zero-order valence-corrected chi connectivity index (χ0v) is 16.4. The molecule has 5 rings (SSSR count). The van der Waals surface area contributed by atoms with Crippen LogP contribution in [0.1, 0.15) is 56.1 Å². The fourth-order valence-electron chi connectivity index (χ4n) is 6.07. The van der Waals surface area contributed by atoms with Crippen LogP contribution in [0.4, 0.5) is 0 Å². The number of nitrogens with one attached hydrogen (secondary N) is 2. The maximum Gasteiger partial charge on any atom is 0.257 e. The number of carbonyl (C=O) groups excluding carboxylic acids is 1. The Morgan fingerprint density at radius 2 is 1.65 bits per heavy atom. The smallest absolute Gasteiger partial charge is 0.257 e. The molecule has 0 spiro atoms. The average molecular weight is 377 g/mol. The Morgan fingerprint density at radius 3 is 2.23 bits per heavy atom. The molecule has 0 atom stereocenters. The van der Waals surface area contributed by atoms with E-state index in [-0.39, 0.29) is 16.2 Å². The molecule has 0 heterocycles. The second-order valence-electron chi connectivity index (χ2n) is 9.02. The summed E-state index contributed by atoms with van der Waals surface area (Å²) in [6.45, 7) is 3.61. The average Bonchev–Trinajstić information content (AvgIpc) is 2.53. The lowest BCUT2D eigenvalue weighted by Gasteiger charge is -2.56. The first kappa shape index (κ1) is 18.0. The van der Waals surface area contributed by atoms with E-state index in [4.69, 9.17) is 0 Å². The fourth-order valence-corrected chi connectivity index (χ4v) is 7.26. The third-order valence-corrected chi connectivity index (χ3v) is 8.05. The minimum atomic E-state index is -3.76. The van der Waals surface area contributed by atoms with E-state index in [0.717, 1.165) is 42.6 Å². The monoisotopic (exact) mass is 376 g/mol. The van der Waals surface area contributed by atoms with Gasteiger partial charge in [-0.15, -0.1) is 4.83 Å². The molecule has 1 aromatic rings. The van der Waals surface area contributed by atoms with Gasteiger partial charge in [-0.1, -0.05) is 12.1 Å². The summed E-state index contributed by atoms with van der Waals surface area (Å²) in [4.78, 5) is 15.0. The molecule has 0 saturated heterocycles. The minimum absolute atomic E-state index is 0.101. The molecule has 5 nitrogen and oxygen atoms in total. The van der Waals surface area contributed by atoms with Crippen LogP contribution >= 0.6 is 0 Å². The Kier molecular flexibility index (Phi) is 4.39. The molecule has 6 heteroatoms. The van der Waals surface area contributed by atoms with Crippen LogP contribution in [0.25, 0.3) is 0 Å². The lowest BCUT2D eigenvalue weighted by molar-refractivity contribution is -0.129. The van der Waals surface area contributed by atoms with Crippen molar-refractivity contribution < 1.29 is 13.2 Å².